The van der Waals surface area contributed by atoms with E-state index < -0.39 is 0 Å². The van der Waals surface area contributed by atoms with E-state index >= 15 is 0 Å². The fraction of sp³-hybridized carbons (Fsp3) is 0.538. The number of nitrogens with one attached hydrogen (secondary N) is 1. The van der Waals surface area contributed by atoms with Crippen molar-refractivity contribution in [3.8, 4) is 0 Å². The zero-order valence-electron chi connectivity index (χ0n) is 11.4. The van der Waals surface area contributed by atoms with Gasteiger partial charge in [0.25, 0.3) is 5.91 Å². The summed E-state index contributed by atoms with van der Waals surface area (Å²) in [6.45, 7) is 1.44. The third-order valence-electron chi connectivity index (χ3n) is 2.45. The van der Waals surface area contributed by atoms with Crippen molar-refractivity contribution in [2.75, 3.05) is 45.4 Å². The number of aliphatic hydroxyl groups excluding tert-OH is 1. The molecular formula is C13H21N3O3. The van der Waals surface area contributed by atoms with E-state index in [1.54, 1.807) is 18.3 Å². The molecule has 0 aromatic carbocycles. The molecule has 1 aromatic rings. The molecular weight excluding hydrogens is 246 g/mol. The third kappa shape index (κ3) is 5.67. The molecule has 2 N–H and O–H groups in total. The van der Waals surface area contributed by atoms with E-state index in [1.165, 1.54) is 0 Å². The van der Waals surface area contributed by atoms with Crippen LogP contribution in [-0.2, 0) is 4.74 Å². The fourth-order valence-corrected chi connectivity index (χ4v) is 1.45. The smallest absolute Gasteiger partial charge is 0.251 e. The molecule has 1 aromatic heterocycles. The third-order valence-corrected chi connectivity index (χ3v) is 2.45. The molecule has 0 aliphatic heterocycles. The van der Waals surface area contributed by atoms with E-state index in [0.29, 0.717) is 25.3 Å². The average Bonchev–Trinajstić information content (AvgIpc) is 2.42. The number of amides is 1. The quantitative estimate of drug-likeness (QED) is 0.662. The predicted octanol–water partition coefficient (Wildman–Crippen LogP) is 0.276. The van der Waals surface area contributed by atoms with Crippen molar-refractivity contribution in [3.05, 3.63) is 23.9 Å². The van der Waals surface area contributed by atoms with Crippen molar-refractivity contribution in [1.82, 2.24) is 10.3 Å². The molecule has 1 amide bonds. The van der Waals surface area contributed by atoms with E-state index in [-0.39, 0.29) is 12.5 Å². The molecule has 19 heavy (non-hydrogen) atoms. The molecule has 6 heteroatoms. The van der Waals surface area contributed by atoms with E-state index in [1.807, 2.05) is 19.0 Å². The highest BCUT2D eigenvalue weighted by molar-refractivity contribution is 5.94. The molecule has 1 heterocycles. The molecule has 0 spiro atoms. The molecule has 0 unspecified atom stereocenters. The molecule has 0 radical (unpaired) electrons. The summed E-state index contributed by atoms with van der Waals surface area (Å²) in [5.41, 5.74) is 0.593. The summed E-state index contributed by atoms with van der Waals surface area (Å²) in [5, 5.41) is 11.3. The highest BCUT2D eigenvalue weighted by Gasteiger charge is 2.06. The second-order valence-electron chi connectivity index (χ2n) is 4.24. The maximum Gasteiger partial charge on any atom is 0.251 e. The molecule has 0 fully saturated rings. The molecule has 6 nitrogen and oxygen atoms in total. The summed E-state index contributed by atoms with van der Waals surface area (Å²) in [7, 11) is 3.75. The normalized spacial score (nSPS) is 10.3. The molecule has 0 aliphatic carbocycles. The Bertz CT molecular complexity index is 396. The van der Waals surface area contributed by atoms with Gasteiger partial charge in [-0.1, -0.05) is 0 Å². The highest BCUT2D eigenvalue weighted by Crippen LogP contribution is 2.09. The van der Waals surface area contributed by atoms with Crippen LogP contribution < -0.4 is 10.2 Å². The SMILES string of the molecule is CN(C)c1cc(C(=O)NCCCOCCO)ccn1. The Balaban J connectivity index is 2.35. The summed E-state index contributed by atoms with van der Waals surface area (Å²) in [6, 6.07) is 3.43. The largest absolute Gasteiger partial charge is 0.394 e. The average molecular weight is 267 g/mol. The van der Waals surface area contributed by atoms with Gasteiger partial charge in [0.2, 0.25) is 0 Å². The second-order valence-corrected chi connectivity index (χ2v) is 4.24. The van der Waals surface area contributed by atoms with Crippen LogP contribution >= 0.6 is 0 Å². The van der Waals surface area contributed by atoms with Gasteiger partial charge in [-0.15, -0.1) is 0 Å². The van der Waals surface area contributed by atoms with E-state index in [9.17, 15) is 4.79 Å². The lowest BCUT2D eigenvalue weighted by molar-refractivity contribution is 0.0867. The summed E-state index contributed by atoms with van der Waals surface area (Å²) in [6.07, 6.45) is 2.34. The van der Waals surface area contributed by atoms with E-state index in [4.69, 9.17) is 9.84 Å². The van der Waals surface area contributed by atoms with Crippen molar-refractivity contribution in [2.24, 2.45) is 0 Å². The summed E-state index contributed by atoms with van der Waals surface area (Å²) >= 11 is 0. The van der Waals surface area contributed by atoms with Crippen LogP contribution in [0.25, 0.3) is 0 Å². The first-order valence-corrected chi connectivity index (χ1v) is 6.25. The van der Waals surface area contributed by atoms with E-state index in [0.717, 1.165) is 12.2 Å². The molecule has 0 atom stereocenters. The minimum Gasteiger partial charge on any atom is -0.394 e. The Kier molecular flexibility index (Phi) is 6.84. The standard InChI is InChI=1S/C13H21N3O3/c1-16(2)12-10-11(4-6-14-12)13(18)15-5-3-8-19-9-7-17/h4,6,10,17H,3,5,7-9H2,1-2H3,(H,15,18). The Morgan fingerprint density at radius 3 is 2.95 bits per heavy atom. The number of ether oxygens (including phenoxy) is 1. The Morgan fingerprint density at radius 2 is 2.26 bits per heavy atom. The number of pyridine rings is 1. The molecule has 106 valence electrons. The summed E-state index contributed by atoms with van der Waals surface area (Å²) < 4.78 is 5.10. The Morgan fingerprint density at radius 1 is 1.47 bits per heavy atom. The van der Waals surface area contributed by atoms with Gasteiger partial charge >= 0.3 is 0 Å². The first-order valence-electron chi connectivity index (χ1n) is 6.25. The first-order chi connectivity index (χ1) is 9.15. The number of carbonyl (C=O) groups excluding carboxylic acids is 1. The number of anilines is 1. The van der Waals surface area contributed by atoms with Crippen molar-refractivity contribution in [1.29, 1.82) is 0 Å². The maximum absolute atomic E-state index is 11.9. The van der Waals surface area contributed by atoms with Crippen molar-refractivity contribution in [3.63, 3.8) is 0 Å². The molecule has 0 saturated heterocycles. The zero-order valence-corrected chi connectivity index (χ0v) is 11.4. The molecule has 0 saturated carbocycles. The number of aliphatic hydroxyl groups is 1. The molecule has 0 bridgehead atoms. The van der Waals surface area contributed by atoms with Crippen molar-refractivity contribution in [2.45, 2.75) is 6.42 Å². The van der Waals surface area contributed by atoms with Crippen LogP contribution in [0.4, 0.5) is 5.82 Å². The fourth-order valence-electron chi connectivity index (χ4n) is 1.45. The van der Waals surface area contributed by atoms with Crippen LogP contribution in [0.15, 0.2) is 18.3 Å². The topological polar surface area (TPSA) is 74.7 Å². The number of carbonyl (C=O) groups is 1. The van der Waals surface area contributed by atoms with Gasteiger partial charge in [-0.25, -0.2) is 4.98 Å². The van der Waals surface area contributed by atoms with Crippen molar-refractivity contribution < 1.29 is 14.6 Å². The van der Waals surface area contributed by atoms with Gasteiger partial charge < -0.3 is 20.1 Å². The number of nitrogens with zero attached hydrogens (tertiary/aromatic N) is 2. The van der Waals surface area contributed by atoms with Crippen LogP contribution in [-0.4, -0.2) is 56.5 Å². The Hall–Kier alpha value is -1.66. The van der Waals surface area contributed by atoms with Crippen LogP contribution in [0.3, 0.4) is 0 Å². The lowest BCUT2D eigenvalue weighted by Gasteiger charge is -2.12. The number of hydrogen-bond donors (Lipinski definition) is 2. The van der Waals surface area contributed by atoms with Gasteiger partial charge in [0.05, 0.1) is 13.2 Å². The lowest BCUT2D eigenvalue weighted by atomic mass is 10.2. The van der Waals surface area contributed by atoms with Gasteiger partial charge in [0.15, 0.2) is 0 Å². The van der Waals surface area contributed by atoms with Crippen LogP contribution in [0, 0.1) is 0 Å². The Labute approximate surface area is 113 Å². The zero-order chi connectivity index (χ0) is 14.1. The summed E-state index contributed by atoms with van der Waals surface area (Å²) in [4.78, 5) is 17.9. The minimum absolute atomic E-state index is 0.0245. The first kappa shape index (κ1) is 15.4. The van der Waals surface area contributed by atoms with Crippen molar-refractivity contribution >= 4 is 11.7 Å². The minimum atomic E-state index is -0.118. The second kappa shape index (κ2) is 8.44. The van der Waals surface area contributed by atoms with Crippen LogP contribution in [0.5, 0.6) is 0 Å². The molecule has 0 aliphatic rings. The lowest BCUT2D eigenvalue weighted by Crippen LogP contribution is -2.25. The van der Waals surface area contributed by atoms with Crippen LogP contribution in [0.2, 0.25) is 0 Å². The predicted molar refractivity (Wildman–Crippen MR) is 73.4 cm³/mol. The molecule has 1 rings (SSSR count). The van der Waals surface area contributed by atoms with Gasteiger partial charge in [-0.05, 0) is 18.6 Å². The summed E-state index contributed by atoms with van der Waals surface area (Å²) in [5.74, 6) is 0.631. The van der Waals surface area contributed by atoms with Crippen LogP contribution in [0.1, 0.15) is 16.8 Å². The maximum atomic E-state index is 11.9. The van der Waals surface area contributed by atoms with E-state index in [2.05, 4.69) is 10.3 Å². The number of aromatic nitrogens is 1. The number of rotatable bonds is 8. The van der Waals surface area contributed by atoms with Gasteiger partial charge in [-0.2, -0.15) is 0 Å². The number of hydrogen-bond acceptors (Lipinski definition) is 5. The highest BCUT2D eigenvalue weighted by atomic mass is 16.5. The van der Waals surface area contributed by atoms with Gasteiger partial charge in [0, 0.05) is 39.0 Å². The van der Waals surface area contributed by atoms with Gasteiger partial charge in [-0.3, -0.25) is 4.79 Å². The monoisotopic (exact) mass is 267 g/mol. The van der Waals surface area contributed by atoms with Gasteiger partial charge in [0.1, 0.15) is 5.82 Å².